The molecular weight excluding hydrogens is 286 g/mol. The lowest BCUT2D eigenvalue weighted by molar-refractivity contribution is 0.0996. The van der Waals surface area contributed by atoms with Crippen LogP contribution in [0.1, 0.15) is 10.6 Å². The van der Waals surface area contributed by atoms with Crippen molar-refractivity contribution >= 4 is 11.7 Å². The smallest absolute Gasteiger partial charge is 0.292 e. The third-order valence-electron chi connectivity index (χ3n) is 2.91. The average Bonchev–Trinajstić information content (AvgIpc) is 3.18. The third kappa shape index (κ3) is 2.66. The first-order valence-corrected chi connectivity index (χ1v) is 6.42. The third-order valence-corrected chi connectivity index (χ3v) is 2.91. The van der Waals surface area contributed by atoms with Crippen LogP contribution in [0.2, 0.25) is 0 Å². The van der Waals surface area contributed by atoms with Gasteiger partial charge < -0.3 is 14.5 Å². The number of anilines is 1. The number of aryl methyl sites for hydroxylation is 1. The highest BCUT2D eigenvalue weighted by molar-refractivity contribution is 6.03. The number of nitrogens with zero attached hydrogens (tertiary/aromatic N) is 4. The number of aromatic nitrogens is 4. The first-order valence-electron chi connectivity index (χ1n) is 6.42. The summed E-state index contributed by atoms with van der Waals surface area (Å²) in [5.41, 5.74) is 1.22. The van der Waals surface area contributed by atoms with Gasteiger partial charge in [0.25, 0.3) is 5.91 Å². The van der Waals surface area contributed by atoms with Crippen LogP contribution >= 0.6 is 0 Å². The maximum atomic E-state index is 12.1. The Balaban J connectivity index is 1.98. The number of furan rings is 1. The Bertz CT molecular complexity index is 795. The van der Waals surface area contributed by atoms with Crippen molar-refractivity contribution in [3.63, 3.8) is 0 Å². The molecule has 1 N–H and O–H groups in total. The van der Waals surface area contributed by atoms with Crippen LogP contribution in [0.3, 0.4) is 0 Å². The Morgan fingerprint density at radius 3 is 2.91 bits per heavy atom. The summed E-state index contributed by atoms with van der Waals surface area (Å²) in [4.78, 5) is 20.6. The zero-order valence-corrected chi connectivity index (χ0v) is 12.0. The molecule has 1 amide bonds. The molecule has 112 valence electrons. The summed E-state index contributed by atoms with van der Waals surface area (Å²) in [6, 6.07) is 3.20. The van der Waals surface area contributed by atoms with Crippen LogP contribution in [0, 0.1) is 0 Å². The first-order chi connectivity index (χ1) is 10.7. The highest BCUT2D eigenvalue weighted by atomic mass is 16.5. The van der Waals surface area contributed by atoms with Crippen molar-refractivity contribution in [2.45, 2.75) is 0 Å². The van der Waals surface area contributed by atoms with Crippen molar-refractivity contribution in [2.75, 3.05) is 12.4 Å². The molecule has 0 spiro atoms. The van der Waals surface area contributed by atoms with Crippen molar-refractivity contribution in [1.82, 2.24) is 19.7 Å². The van der Waals surface area contributed by atoms with Crippen molar-refractivity contribution in [1.29, 1.82) is 0 Å². The molecule has 3 heterocycles. The number of carbonyl (C=O) groups excluding carboxylic acids is 1. The summed E-state index contributed by atoms with van der Waals surface area (Å²) < 4.78 is 11.8. The lowest BCUT2D eigenvalue weighted by Gasteiger charge is -2.08. The van der Waals surface area contributed by atoms with Crippen LogP contribution in [-0.4, -0.2) is 32.8 Å². The average molecular weight is 299 g/mol. The summed E-state index contributed by atoms with van der Waals surface area (Å²) in [6.45, 7) is 0. The predicted molar refractivity (Wildman–Crippen MR) is 77.4 cm³/mol. The van der Waals surface area contributed by atoms with Gasteiger partial charge in [0.05, 0.1) is 25.8 Å². The molecule has 0 atom stereocenters. The Morgan fingerprint density at radius 2 is 2.27 bits per heavy atom. The minimum Gasteiger partial charge on any atom is -0.480 e. The van der Waals surface area contributed by atoms with Gasteiger partial charge in [-0.25, -0.2) is 4.98 Å². The van der Waals surface area contributed by atoms with E-state index >= 15 is 0 Å². The van der Waals surface area contributed by atoms with Crippen LogP contribution in [-0.2, 0) is 7.05 Å². The van der Waals surface area contributed by atoms with Crippen LogP contribution in [0.5, 0.6) is 5.88 Å². The second-order valence-corrected chi connectivity index (χ2v) is 4.44. The number of rotatable bonds is 4. The summed E-state index contributed by atoms with van der Waals surface area (Å²) in [5, 5.41) is 6.76. The molecule has 0 saturated heterocycles. The monoisotopic (exact) mass is 299 g/mol. The van der Waals surface area contributed by atoms with Gasteiger partial charge in [-0.2, -0.15) is 10.1 Å². The van der Waals surface area contributed by atoms with E-state index in [1.807, 2.05) is 0 Å². The molecule has 0 radical (unpaired) electrons. The molecule has 0 fully saturated rings. The molecule has 3 aromatic rings. The molecule has 0 saturated carbocycles. The van der Waals surface area contributed by atoms with Gasteiger partial charge >= 0.3 is 0 Å². The van der Waals surface area contributed by atoms with E-state index in [1.54, 1.807) is 36.3 Å². The minimum atomic E-state index is -0.419. The van der Waals surface area contributed by atoms with Gasteiger partial charge in [0.1, 0.15) is 5.69 Å². The highest BCUT2D eigenvalue weighted by Crippen LogP contribution is 2.26. The summed E-state index contributed by atoms with van der Waals surface area (Å²) in [5.74, 6) is 0.329. The maximum absolute atomic E-state index is 12.1. The SMILES string of the molecule is COc1cnc(-c2cnn(C)c2)c(NC(=O)c2ccco2)n1. The largest absolute Gasteiger partial charge is 0.480 e. The first kappa shape index (κ1) is 13.8. The van der Waals surface area contributed by atoms with Crippen LogP contribution in [0.25, 0.3) is 11.3 Å². The van der Waals surface area contributed by atoms with E-state index in [2.05, 4.69) is 20.4 Å². The summed E-state index contributed by atoms with van der Waals surface area (Å²) in [6.07, 6.45) is 6.32. The van der Waals surface area contributed by atoms with Gasteiger partial charge in [0.2, 0.25) is 5.88 Å². The fourth-order valence-electron chi connectivity index (χ4n) is 1.89. The standard InChI is InChI=1S/C14H13N5O3/c1-19-8-9(6-16-19)12-13(17-11(21-2)7-15-12)18-14(20)10-4-3-5-22-10/h3-8H,1-2H3,(H,17,18,20). The second-order valence-electron chi connectivity index (χ2n) is 4.44. The normalized spacial score (nSPS) is 10.5. The van der Waals surface area contributed by atoms with Gasteiger partial charge in [0, 0.05) is 18.8 Å². The quantitative estimate of drug-likeness (QED) is 0.788. The number of methoxy groups -OCH3 is 1. The lowest BCUT2D eigenvalue weighted by Crippen LogP contribution is -2.14. The highest BCUT2D eigenvalue weighted by Gasteiger charge is 2.16. The molecule has 0 aliphatic carbocycles. The van der Waals surface area contributed by atoms with Crippen molar-refractivity contribution < 1.29 is 13.9 Å². The van der Waals surface area contributed by atoms with E-state index in [4.69, 9.17) is 9.15 Å². The van der Waals surface area contributed by atoms with Gasteiger partial charge in [-0.3, -0.25) is 9.48 Å². The molecular formula is C14H13N5O3. The number of ether oxygens (including phenoxy) is 1. The molecule has 0 aliphatic rings. The van der Waals surface area contributed by atoms with Crippen LogP contribution < -0.4 is 10.1 Å². The van der Waals surface area contributed by atoms with Gasteiger partial charge in [-0.1, -0.05) is 0 Å². The van der Waals surface area contributed by atoms with Crippen molar-refractivity contribution in [3.05, 3.63) is 42.7 Å². The van der Waals surface area contributed by atoms with Gasteiger partial charge in [-0.05, 0) is 12.1 Å². The number of hydrogen-bond donors (Lipinski definition) is 1. The van der Waals surface area contributed by atoms with E-state index in [1.165, 1.54) is 19.6 Å². The Morgan fingerprint density at radius 1 is 1.41 bits per heavy atom. The van der Waals surface area contributed by atoms with E-state index in [0.717, 1.165) is 5.56 Å². The fraction of sp³-hybridized carbons (Fsp3) is 0.143. The molecule has 22 heavy (non-hydrogen) atoms. The zero-order chi connectivity index (χ0) is 15.5. The summed E-state index contributed by atoms with van der Waals surface area (Å²) >= 11 is 0. The molecule has 8 heteroatoms. The zero-order valence-electron chi connectivity index (χ0n) is 12.0. The predicted octanol–water partition coefficient (Wildman–Crippen LogP) is 1.73. The second kappa shape index (κ2) is 5.68. The lowest BCUT2D eigenvalue weighted by atomic mass is 10.2. The molecule has 3 rings (SSSR count). The van der Waals surface area contributed by atoms with Crippen LogP contribution in [0.4, 0.5) is 5.82 Å². The van der Waals surface area contributed by atoms with Crippen molar-refractivity contribution in [3.8, 4) is 17.1 Å². The Labute approximate surface area is 125 Å². The van der Waals surface area contributed by atoms with Crippen LogP contribution in [0.15, 0.2) is 41.4 Å². The molecule has 8 nitrogen and oxygen atoms in total. The summed E-state index contributed by atoms with van der Waals surface area (Å²) in [7, 11) is 3.27. The number of amides is 1. The fourth-order valence-corrected chi connectivity index (χ4v) is 1.89. The van der Waals surface area contributed by atoms with E-state index in [0.29, 0.717) is 11.6 Å². The minimum absolute atomic E-state index is 0.182. The van der Waals surface area contributed by atoms with Crippen molar-refractivity contribution in [2.24, 2.45) is 7.05 Å². The number of carbonyl (C=O) groups is 1. The van der Waals surface area contributed by atoms with Gasteiger partial charge in [0.15, 0.2) is 11.6 Å². The molecule has 0 bridgehead atoms. The number of hydrogen-bond acceptors (Lipinski definition) is 6. The van der Waals surface area contributed by atoms with E-state index in [-0.39, 0.29) is 11.6 Å². The molecule has 3 aromatic heterocycles. The maximum Gasteiger partial charge on any atom is 0.292 e. The Hall–Kier alpha value is -3.16. The Kier molecular flexibility index (Phi) is 3.57. The van der Waals surface area contributed by atoms with Gasteiger partial charge in [-0.15, -0.1) is 0 Å². The molecule has 0 aromatic carbocycles. The van der Waals surface area contributed by atoms with E-state index < -0.39 is 5.91 Å². The topological polar surface area (TPSA) is 95.1 Å². The molecule has 0 aliphatic heterocycles. The number of nitrogens with one attached hydrogen (secondary N) is 1. The van der Waals surface area contributed by atoms with E-state index in [9.17, 15) is 4.79 Å². The molecule has 0 unspecified atom stereocenters.